The maximum absolute atomic E-state index is 12.1. The Morgan fingerprint density at radius 1 is 1.37 bits per heavy atom. The van der Waals surface area contributed by atoms with E-state index in [1.165, 1.54) is 6.42 Å². The molecule has 0 saturated heterocycles. The minimum Gasteiger partial charge on any atom is -0.383 e. The van der Waals surface area contributed by atoms with E-state index in [-0.39, 0.29) is 5.56 Å². The predicted octanol–water partition coefficient (Wildman–Crippen LogP) is 2.11. The fourth-order valence-corrected chi connectivity index (χ4v) is 2.88. The van der Waals surface area contributed by atoms with Crippen molar-refractivity contribution in [2.24, 2.45) is 0 Å². The van der Waals surface area contributed by atoms with E-state index < -0.39 is 5.60 Å². The van der Waals surface area contributed by atoms with E-state index >= 15 is 0 Å². The number of hydrogen-bond donors (Lipinski definition) is 2. The Morgan fingerprint density at radius 2 is 2.05 bits per heavy atom. The Bertz CT molecular complexity index is 490. The largest absolute Gasteiger partial charge is 0.383 e. The molecule has 1 heterocycles. The van der Waals surface area contributed by atoms with Crippen molar-refractivity contribution in [2.45, 2.75) is 57.5 Å². The van der Waals surface area contributed by atoms with Gasteiger partial charge in [-0.2, -0.15) is 0 Å². The van der Waals surface area contributed by atoms with Crippen LogP contribution in [-0.2, 0) is 16.8 Å². The fourth-order valence-electron chi connectivity index (χ4n) is 2.88. The van der Waals surface area contributed by atoms with Gasteiger partial charge in [-0.15, -0.1) is 0 Å². The summed E-state index contributed by atoms with van der Waals surface area (Å²) < 4.78 is 5.69. The van der Waals surface area contributed by atoms with Crippen molar-refractivity contribution in [3.05, 3.63) is 21.7 Å². The van der Waals surface area contributed by atoms with Crippen LogP contribution in [0.15, 0.2) is 4.79 Å². The molecule has 3 N–H and O–H groups in total. The minimum atomic E-state index is -0.462. The highest BCUT2D eigenvalue weighted by Gasteiger charge is 2.36. The molecule has 5 nitrogen and oxygen atoms in total. The molecule has 19 heavy (non-hydrogen) atoms. The number of nitrogen functional groups attached to an aromatic ring is 1. The summed E-state index contributed by atoms with van der Waals surface area (Å²) in [6.45, 7) is 2.02. The SMILES string of the molecule is CCCc1c(N)nc(C2(OC)CCCCC2)[nH]c1=O. The molecule has 106 valence electrons. The van der Waals surface area contributed by atoms with E-state index in [1.807, 2.05) is 6.92 Å². The molecule has 1 aromatic rings. The summed E-state index contributed by atoms with van der Waals surface area (Å²) in [7, 11) is 1.68. The maximum Gasteiger partial charge on any atom is 0.256 e. The number of nitrogens with one attached hydrogen (secondary N) is 1. The highest BCUT2D eigenvalue weighted by molar-refractivity contribution is 5.38. The van der Waals surface area contributed by atoms with Gasteiger partial charge in [0.2, 0.25) is 0 Å². The number of anilines is 1. The highest BCUT2D eigenvalue weighted by Crippen LogP contribution is 2.38. The lowest BCUT2D eigenvalue weighted by Crippen LogP contribution is -2.36. The molecule has 1 saturated carbocycles. The van der Waals surface area contributed by atoms with Crippen molar-refractivity contribution in [3.63, 3.8) is 0 Å². The zero-order valence-electron chi connectivity index (χ0n) is 11.8. The lowest BCUT2D eigenvalue weighted by molar-refractivity contribution is -0.0515. The summed E-state index contributed by atoms with van der Waals surface area (Å²) in [6.07, 6.45) is 6.71. The molecule has 0 aliphatic heterocycles. The highest BCUT2D eigenvalue weighted by atomic mass is 16.5. The van der Waals surface area contributed by atoms with Gasteiger partial charge in [0, 0.05) is 7.11 Å². The van der Waals surface area contributed by atoms with Crippen LogP contribution >= 0.6 is 0 Å². The van der Waals surface area contributed by atoms with E-state index in [2.05, 4.69) is 9.97 Å². The lowest BCUT2D eigenvalue weighted by Gasteiger charge is -2.34. The molecule has 0 radical (unpaired) electrons. The molecular formula is C14H23N3O2. The van der Waals surface area contributed by atoms with Gasteiger partial charge in [-0.25, -0.2) is 4.98 Å². The zero-order valence-corrected chi connectivity index (χ0v) is 11.8. The first-order chi connectivity index (χ1) is 9.13. The van der Waals surface area contributed by atoms with Crippen LogP contribution in [0.3, 0.4) is 0 Å². The number of nitrogens with zero attached hydrogens (tertiary/aromatic N) is 1. The van der Waals surface area contributed by atoms with Gasteiger partial charge >= 0.3 is 0 Å². The topological polar surface area (TPSA) is 81.0 Å². The summed E-state index contributed by atoms with van der Waals surface area (Å²) in [5.74, 6) is 0.944. The first-order valence-corrected chi connectivity index (χ1v) is 7.07. The molecule has 0 aromatic carbocycles. The van der Waals surface area contributed by atoms with E-state index in [0.717, 1.165) is 32.1 Å². The molecule has 2 rings (SSSR count). The average Bonchev–Trinajstić information content (AvgIpc) is 2.43. The van der Waals surface area contributed by atoms with Crippen LogP contribution in [0.5, 0.6) is 0 Å². The van der Waals surface area contributed by atoms with Crippen LogP contribution in [0.2, 0.25) is 0 Å². The molecule has 1 aromatic heterocycles. The monoisotopic (exact) mass is 265 g/mol. The standard InChI is InChI=1S/C14H23N3O2/c1-3-7-10-11(15)16-13(17-12(10)18)14(19-2)8-5-4-6-9-14/h3-9H2,1-2H3,(H3,15,16,17,18). The molecule has 0 bridgehead atoms. The van der Waals surface area contributed by atoms with Gasteiger partial charge < -0.3 is 15.5 Å². The first kappa shape index (κ1) is 14.1. The Morgan fingerprint density at radius 3 is 2.58 bits per heavy atom. The van der Waals surface area contributed by atoms with E-state index in [0.29, 0.717) is 23.6 Å². The molecule has 1 fully saturated rings. The molecular weight excluding hydrogens is 242 g/mol. The summed E-state index contributed by atoms with van der Waals surface area (Å²) >= 11 is 0. The molecule has 0 spiro atoms. The maximum atomic E-state index is 12.1. The fraction of sp³-hybridized carbons (Fsp3) is 0.714. The van der Waals surface area contributed by atoms with Crippen molar-refractivity contribution in [1.82, 2.24) is 9.97 Å². The Hall–Kier alpha value is -1.36. The first-order valence-electron chi connectivity index (χ1n) is 7.07. The van der Waals surface area contributed by atoms with Gasteiger partial charge in [-0.3, -0.25) is 4.79 Å². The van der Waals surface area contributed by atoms with Gasteiger partial charge in [0.15, 0.2) is 0 Å². The minimum absolute atomic E-state index is 0.119. The van der Waals surface area contributed by atoms with Gasteiger partial charge in [0.25, 0.3) is 5.56 Å². The second-order valence-corrected chi connectivity index (χ2v) is 5.29. The number of nitrogens with two attached hydrogens (primary N) is 1. The molecule has 0 amide bonds. The molecule has 1 aliphatic carbocycles. The summed E-state index contributed by atoms with van der Waals surface area (Å²) in [5, 5.41) is 0. The van der Waals surface area contributed by atoms with E-state index in [9.17, 15) is 4.79 Å². The second kappa shape index (κ2) is 5.74. The van der Waals surface area contributed by atoms with Crippen LogP contribution in [0.1, 0.15) is 56.8 Å². The average molecular weight is 265 g/mol. The third kappa shape index (κ3) is 2.66. The third-order valence-electron chi connectivity index (χ3n) is 4.03. The second-order valence-electron chi connectivity index (χ2n) is 5.29. The number of aromatic nitrogens is 2. The Labute approximate surface area is 113 Å². The van der Waals surface area contributed by atoms with Gasteiger partial charge in [0.05, 0.1) is 5.56 Å². The van der Waals surface area contributed by atoms with Crippen molar-refractivity contribution >= 4 is 5.82 Å². The van der Waals surface area contributed by atoms with Crippen molar-refractivity contribution in [3.8, 4) is 0 Å². The number of methoxy groups -OCH3 is 1. The molecule has 5 heteroatoms. The van der Waals surface area contributed by atoms with Crippen molar-refractivity contribution in [2.75, 3.05) is 12.8 Å². The zero-order chi connectivity index (χ0) is 13.9. The molecule has 1 aliphatic rings. The number of ether oxygens (including phenoxy) is 1. The van der Waals surface area contributed by atoms with Crippen LogP contribution < -0.4 is 11.3 Å². The normalized spacial score (nSPS) is 18.4. The molecule has 0 unspecified atom stereocenters. The van der Waals surface area contributed by atoms with Gasteiger partial charge in [0.1, 0.15) is 17.2 Å². The van der Waals surface area contributed by atoms with E-state index in [4.69, 9.17) is 10.5 Å². The van der Waals surface area contributed by atoms with Gasteiger partial charge in [-0.1, -0.05) is 32.6 Å². The quantitative estimate of drug-likeness (QED) is 0.873. The van der Waals surface area contributed by atoms with Crippen LogP contribution in [0.4, 0.5) is 5.82 Å². The summed E-state index contributed by atoms with van der Waals surface area (Å²) in [5.41, 5.74) is 5.95. The number of H-pyrrole nitrogens is 1. The third-order valence-corrected chi connectivity index (χ3v) is 4.03. The summed E-state index contributed by atoms with van der Waals surface area (Å²) in [6, 6.07) is 0. The van der Waals surface area contributed by atoms with Crippen molar-refractivity contribution < 1.29 is 4.74 Å². The van der Waals surface area contributed by atoms with Crippen LogP contribution in [0.25, 0.3) is 0 Å². The Kier molecular flexibility index (Phi) is 4.24. The van der Waals surface area contributed by atoms with Crippen LogP contribution in [-0.4, -0.2) is 17.1 Å². The van der Waals surface area contributed by atoms with Gasteiger partial charge in [-0.05, 0) is 19.3 Å². The van der Waals surface area contributed by atoms with Crippen LogP contribution in [0, 0.1) is 0 Å². The van der Waals surface area contributed by atoms with E-state index in [1.54, 1.807) is 7.11 Å². The smallest absolute Gasteiger partial charge is 0.256 e. The molecule has 0 atom stereocenters. The number of aromatic amines is 1. The predicted molar refractivity (Wildman–Crippen MR) is 75.0 cm³/mol. The summed E-state index contributed by atoms with van der Waals surface area (Å²) in [4.78, 5) is 19.4. The number of rotatable bonds is 4. The Balaban J connectivity index is 2.42. The number of hydrogen-bond acceptors (Lipinski definition) is 4. The van der Waals surface area contributed by atoms with Crippen molar-refractivity contribution in [1.29, 1.82) is 0 Å². The lowest BCUT2D eigenvalue weighted by atomic mass is 9.84.